The predicted octanol–water partition coefficient (Wildman–Crippen LogP) is 0.499. The van der Waals surface area contributed by atoms with Crippen molar-refractivity contribution in [3.8, 4) is 11.8 Å². The van der Waals surface area contributed by atoms with Gasteiger partial charge >= 0.3 is 0 Å². The Kier molecular flexibility index (Phi) is 5.39. The zero-order chi connectivity index (χ0) is 15.3. The molecule has 1 amide bonds. The molecule has 7 heteroatoms. The molecule has 0 bridgehead atoms. The van der Waals surface area contributed by atoms with E-state index >= 15 is 0 Å². The molecule has 1 fully saturated rings. The van der Waals surface area contributed by atoms with Gasteiger partial charge in [-0.05, 0) is 18.4 Å². The summed E-state index contributed by atoms with van der Waals surface area (Å²) in [6.45, 7) is 0.777. The molecule has 5 nitrogen and oxygen atoms in total. The lowest BCUT2D eigenvalue weighted by Crippen LogP contribution is -2.25. The Hall–Kier alpha value is -1.36. The van der Waals surface area contributed by atoms with E-state index in [1.807, 2.05) is 11.4 Å². The Bertz CT molecular complexity index is 668. The third-order valence-electron chi connectivity index (χ3n) is 3.25. The van der Waals surface area contributed by atoms with Crippen molar-refractivity contribution in [3.63, 3.8) is 0 Å². The van der Waals surface area contributed by atoms with Gasteiger partial charge in [0, 0.05) is 22.2 Å². The number of nitrogens with two attached hydrogens (primary N) is 1. The quantitative estimate of drug-likeness (QED) is 0.789. The van der Waals surface area contributed by atoms with Crippen LogP contribution in [-0.2, 0) is 21.2 Å². The first kappa shape index (κ1) is 16.0. The zero-order valence-electron chi connectivity index (χ0n) is 11.6. The van der Waals surface area contributed by atoms with Gasteiger partial charge in [-0.25, -0.2) is 8.42 Å². The van der Waals surface area contributed by atoms with E-state index in [1.54, 1.807) is 0 Å². The van der Waals surface area contributed by atoms with E-state index in [2.05, 4.69) is 17.2 Å². The van der Waals surface area contributed by atoms with Crippen molar-refractivity contribution in [2.75, 3.05) is 18.1 Å². The SMILES string of the molecule is NCC#Cc1csc(CNC(=O)CC2CCS(=O)(=O)C2)c1. The first-order chi connectivity index (χ1) is 9.98. The van der Waals surface area contributed by atoms with Crippen LogP contribution in [0.15, 0.2) is 11.4 Å². The Morgan fingerprint density at radius 1 is 1.52 bits per heavy atom. The normalized spacial score (nSPS) is 19.8. The van der Waals surface area contributed by atoms with Gasteiger partial charge < -0.3 is 11.1 Å². The van der Waals surface area contributed by atoms with E-state index in [0.29, 0.717) is 19.5 Å². The summed E-state index contributed by atoms with van der Waals surface area (Å²) in [6, 6.07) is 1.92. The Balaban J connectivity index is 1.78. The van der Waals surface area contributed by atoms with Crippen LogP contribution in [-0.4, -0.2) is 32.4 Å². The number of hydrogen-bond donors (Lipinski definition) is 2. The minimum Gasteiger partial charge on any atom is -0.351 e. The highest BCUT2D eigenvalue weighted by atomic mass is 32.2. The van der Waals surface area contributed by atoms with Crippen molar-refractivity contribution in [1.29, 1.82) is 0 Å². The minimum absolute atomic E-state index is 0.0377. The number of sulfone groups is 1. The fourth-order valence-corrected chi connectivity index (χ4v) is 4.86. The van der Waals surface area contributed by atoms with Gasteiger partial charge in [0.2, 0.25) is 5.91 Å². The minimum atomic E-state index is -2.92. The Morgan fingerprint density at radius 2 is 2.33 bits per heavy atom. The monoisotopic (exact) mass is 326 g/mol. The van der Waals surface area contributed by atoms with Gasteiger partial charge in [-0.2, -0.15) is 0 Å². The molecule has 2 heterocycles. The first-order valence-corrected chi connectivity index (χ1v) is 9.42. The maximum Gasteiger partial charge on any atom is 0.220 e. The maximum absolute atomic E-state index is 11.8. The molecule has 114 valence electrons. The van der Waals surface area contributed by atoms with E-state index < -0.39 is 9.84 Å². The lowest BCUT2D eigenvalue weighted by Gasteiger charge is -2.07. The van der Waals surface area contributed by atoms with E-state index in [-0.39, 0.29) is 29.8 Å². The second kappa shape index (κ2) is 7.07. The third kappa shape index (κ3) is 5.16. The molecular weight excluding hydrogens is 308 g/mol. The number of rotatable bonds is 4. The zero-order valence-corrected chi connectivity index (χ0v) is 13.2. The average Bonchev–Trinajstić information content (AvgIpc) is 3.00. The van der Waals surface area contributed by atoms with Crippen LogP contribution in [0, 0.1) is 17.8 Å². The van der Waals surface area contributed by atoms with Crippen molar-refractivity contribution in [2.24, 2.45) is 11.7 Å². The summed E-state index contributed by atoms with van der Waals surface area (Å²) in [5.41, 5.74) is 6.21. The molecule has 0 aromatic carbocycles. The largest absolute Gasteiger partial charge is 0.351 e. The van der Waals surface area contributed by atoms with Gasteiger partial charge in [0.05, 0.1) is 24.6 Å². The molecule has 1 aliphatic heterocycles. The fourth-order valence-electron chi connectivity index (χ4n) is 2.25. The topological polar surface area (TPSA) is 89.3 Å². The van der Waals surface area contributed by atoms with Gasteiger partial charge in [-0.3, -0.25) is 4.79 Å². The van der Waals surface area contributed by atoms with Crippen LogP contribution in [0.2, 0.25) is 0 Å². The van der Waals surface area contributed by atoms with E-state index in [4.69, 9.17) is 5.73 Å². The summed E-state index contributed by atoms with van der Waals surface area (Å²) in [5.74, 6) is 5.92. The summed E-state index contributed by atoms with van der Waals surface area (Å²) in [5, 5.41) is 4.75. The fraction of sp³-hybridized carbons (Fsp3) is 0.500. The number of carbonyl (C=O) groups is 1. The highest BCUT2D eigenvalue weighted by Gasteiger charge is 2.29. The number of thiophene rings is 1. The summed E-state index contributed by atoms with van der Waals surface area (Å²) in [6.07, 6.45) is 0.873. The van der Waals surface area contributed by atoms with Crippen molar-refractivity contribution in [3.05, 3.63) is 21.9 Å². The predicted molar refractivity (Wildman–Crippen MR) is 83.5 cm³/mol. The van der Waals surface area contributed by atoms with Crippen molar-refractivity contribution in [1.82, 2.24) is 5.32 Å². The lowest BCUT2D eigenvalue weighted by atomic mass is 10.1. The molecule has 1 aromatic rings. The van der Waals surface area contributed by atoms with Gasteiger partial charge in [-0.1, -0.05) is 11.8 Å². The van der Waals surface area contributed by atoms with Crippen LogP contribution < -0.4 is 11.1 Å². The smallest absolute Gasteiger partial charge is 0.220 e. The third-order valence-corrected chi connectivity index (χ3v) is 6.02. The van der Waals surface area contributed by atoms with Crippen LogP contribution in [0.5, 0.6) is 0 Å². The first-order valence-electron chi connectivity index (χ1n) is 6.72. The standard InChI is InChI=1S/C14H18N2O3S2/c15-4-1-2-11-6-13(20-9-11)8-16-14(17)7-12-3-5-21(18,19)10-12/h6,9,12H,3-5,7-8,10,15H2,(H,16,17). The molecular formula is C14H18N2O3S2. The number of carbonyl (C=O) groups excluding carboxylic acids is 1. The van der Waals surface area contributed by atoms with E-state index in [0.717, 1.165) is 10.4 Å². The number of hydrogen-bond acceptors (Lipinski definition) is 5. The van der Waals surface area contributed by atoms with E-state index in [9.17, 15) is 13.2 Å². The van der Waals surface area contributed by atoms with Gasteiger partial charge in [0.15, 0.2) is 9.84 Å². The molecule has 21 heavy (non-hydrogen) atoms. The Morgan fingerprint density at radius 3 is 3.00 bits per heavy atom. The summed E-state index contributed by atoms with van der Waals surface area (Å²) >= 11 is 1.53. The lowest BCUT2D eigenvalue weighted by molar-refractivity contribution is -0.122. The molecule has 1 atom stereocenters. The second-order valence-corrected chi connectivity index (χ2v) is 8.28. The van der Waals surface area contributed by atoms with E-state index in [1.165, 1.54) is 11.3 Å². The van der Waals surface area contributed by atoms with Gasteiger partial charge in [0.25, 0.3) is 0 Å². The molecule has 0 aliphatic carbocycles. The Labute approximate surface area is 128 Å². The van der Waals surface area contributed by atoms with Crippen LogP contribution in [0.3, 0.4) is 0 Å². The van der Waals surface area contributed by atoms with Crippen molar-refractivity contribution < 1.29 is 13.2 Å². The van der Waals surface area contributed by atoms with Crippen LogP contribution in [0.4, 0.5) is 0 Å². The van der Waals surface area contributed by atoms with Crippen LogP contribution >= 0.6 is 11.3 Å². The molecule has 0 saturated carbocycles. The highest BCUT2D eigenvalue weighted by Crippen LogP contribution is 2.21. The van der Waals surface area contributed by atoms with Crippen LogP contribution in [0.1, 0.15) is 23.3 Å². The molecule has 1 aliphatic rings. The summed E-state index contributed by atoms with van der Waals surface area (Å²) in [4.78, 5) is 12.8. The maximum atomic E-state index is 11.8. The van der Waals surface area contributed by atoms with Crippen LogP contribution in [0.25, 0.3) is 0 Å². The molecule has 0 radical (unpaired) electrons. The number of nitrogens with one attached hydrogen (secondary N) is 1. The van der Waals surface area contributed by atoms with Crippen molar-refractivity contribution >= 4 is 27.1 Å². The molecule has 1 unspecified atom stereocenters. The number of amides is 1. The second-order valence-electron chi connectivity index (χ2n) is 5.06. The van der Waals surface area contributed by atoms with Gasteiger partial charge in [0.1, 0.15) is 0 Å². The molecule has 3 N–H and O–H groups in total. The molecule has 1 saturated heterocycles. The summed E-state index contributed by atoms with van der Waals surface area (Å²) in [7, 11) is -2.92. The molecule has 0 spiro atoms. The molecule has 1 aromatic heterocycles. The summed E-state index contributed by atoms with van der Waals surface area (Å²) < 4.78 is 22.7. The molecule has 2 rings (SSSR count). The van der Waals surface area contributed by atoms with Crippen molar-refractivity contribution in [2.45, 2.75) is 19.4 Å². The highest BCUT2D eigenvalue weighted by molar-refractivity contribution is 7.91. The average molecular weight is 326 g/mol. The van der Waals surface area contributed by atoms with Gasteiger partial charge in [-0.15, -0.1) is 11.3 Å².